The number of hydrogen-bond donors (Lipinski definition) is 0. The summed E-state index contributed by atoms with van der Waals surface area (Å²) in [6.45, 7) is 4.83. The van der Waals surface area contributed by atoms with Gasteiger partial charge in [-0.2, -0.15) is 5.10 Å². The number of carbonyl (C=O) groups is 1. The standard InChI is InChI=1S/C16H21N3O2/c1-12(2)10-18(3)16(20)15-14(21-4)11-19(17-15)13-8-6-5-7-9-13/h5-9,11-12H,10H2,1-4H3. The van der Waals surface area contributed by atoms with Gasteiger partial charge in [-0.3, -0.25) is 4.79 Å². The van der Waals surface area contributed by atoms with E-state index in [1.54, 1.807) is 29.9 Å². The lowest BCUT2D eigenvalue weighted by Gasteiger charge is -2.18. The molecule has 1 aromatic carbocycles. The Morgan fingerprint density at radius 3 is 2.57 bits per heavy atom. The van der Waals surface area contributed by atoms with Crippen LogP contribution in [-0.4, -0.2) is 41.3 Å². The largest absolute Gasteiger partial charge is 0.493 e. The van der Waals surface area contributed by atoms with Gasteiger partial charge in [0.1, 0.15) is 0 Å². The van der Waals surface area contributed by atoms with E-state index in [1.165, 1.54) is 0 Å². The predicted octanol–water partition coefficient (Wildman–Crippen LogP) is 2.61. The third-order valence-electron chi connectivity index (χ3n) is 3.11. The van der Waals surface area contributed by atoms with Crippen LogP contribution in [0.4, 0.5) is 0 Å². The van der Waals surface area contributed by atoms with Crippen LogP contribution in [0.2, 0.25) is 0 Å². The summed E-state index contributed by atoms with van der Waals surface area (Å²) in [5, 5.41) is 4.38. The quantitative estimate of drug-likeness (QED) is 0.849. The van der Waals surface area contributed by atoms with Gasteiger partial charge in [0, 0.05) is 13.6 Å². The average molecular weight is 287 g/mol. The summed E-state index contributed by atoms with van der Waals surface area (Å²) in [7, 11) is 3.33. The van der Waals surface area contributed by atoms with Crippen LogP contribution in [-0.2, 0) is 0 Å². The number of nitrogens with zero attached hydrogens (tertiary/aromatic N) is 3. The van der Waals surface area contributed by atoms with E-state index in [9.17, 15) is 4.79 Å². The monoisotopic (exact) mass is 287 g/mol. The van der Waals surface area contributed by atoms with Gasteiger partial charge in [0.2, 0.25) is 0 Å². The molecule has 2 rings (SSSR count). The Hall–Kier alpha value is -2.30. The van der Waals surface area contributed by atoms with Crippen LogP contribution in [0.25, 0.3) is 5.69 Å². The third-order valence-corrected chi connectivity index (χ3v) is 3.11. The van der Waals surface area contributed by atoms with E-state index in [0.717, 1.165) is 5.69 Å². The van der Waals surface area contributed by atoms with E-state index in [-0.39, 0.29) is 5.91 Å². The van der Waals surface area contributed by atoms with Crippen LogP contribution in [0, 0.1) is 5.92 Å². The Balaban J connectivity index is 2.32. The molecular weight excluding hydrogens is 266 g/mol. The van der Waals surface area contributed by atoms with Crippen molar-refractivity contribution in [2.75, 3.05) is 20.7 Å². The molecule has 2 aromatic rings. The molecule has 5 nitrogen and oxygen atoms in total. The zero-order valence-electron chi connectivity index (χ0n) is 12.9. The fraction of sp³-hybridized carbons (Fsp3) is 0.375. The van der Waals surface area contributed by atoms with Crippen molar-refractivity contribution in [1.82, 2.24) is 14.7 Å². The summed E-state index contributed by atoms with van der Waals surface area (Å²) >= 11 is 0. The highest BCUT2D eigenvalue weighted by Gasteiger charge is 2.22. The molecule has 0 N–H and O–H groups in total. The Bertz CT molecular complexity index is 605. The van der Waals surface area contributed by atoms with Gasteiger partial charge in [0.15, 0.2) is 11.4 Å². The lowest BCUT2D eigenvalue weighted by Crippen LogP contribution is -2.30. The first-order valence-electron chi connectivity index (χ1n) is 6.97. The van der Waals surface area contributed by atoms with E-state index in [4.69, 9.17) is 4.74 Å². The van der Waals surface area contributed by atoms with Crippen molar-refractivity contribution in [2.24, 2.45) is 5.92 Å². The number of benzene rings is 1. The first kappa shape index (κ1) is 15.1. The first-order valence-corrected chi connectivity index (χ1v) is 6.97. The zero-order valence-corrected chi connectivity index (χ0v) is 12.9. The van der Waals surface area contributed by atoms with Crippen molar-refractivity contribution in [3.05, 3.63) is 42.2 Å². The van der Waals surface area contributed by atoms with Crippen molar-refractivity contribution < 1.29 is 9.53 Å². The summed E-state index contributed by atoms with van der Waals surface area (Å²) in [6, 6.07) is 9.65. The van der Waals surface area contributed by atoms with Gasteiger partial charge in [-0.25, -0.2) is 4.68 Å². The minimum absolute atomic E-state index is 0.129. The van der Waals surface area contributed by atoms with Crippen LogP contribution in [0.1, 0.15) is 24.3 Å². The van der Waals surface area contributed by atoms with Crippen LogP contribution >= 0.6 is 0 Å². The molecule has 0 radical (unpaired) electrons. The van der Waals surface area contributed by atoms with Crippen molar-refractivity contribution in [3.63, 3.8) is 0 Å². The highest BCUT2D eigenvalue weighted by Crippen LogP contribution is 2.21. The first-order chi connectivity index (χ1) is 10.0. The molecule has 1 heterocycles. The van der Waals surface area contributed by atoms with E-state index in [2.05, 4.69) is 18.9 Å². The number of carbonyl (C=O) groups excluding carboxylic acids is 1. The zero-order chi connectivity index (χ0) is 15.4. The second-order valence-electron chi connectivity index (χ2n) is 5.41. The molecule has 0 aliphatic rings. The van der Waals surface area contributed by atoms with Gasteiger partial charge in [-0.15, -0.1) is 0 Å². The molecule has 0 saturated heterocycles. The molecular formula is C16H21N3O2. The smallest absolute Gasteiger partial charge is 0.278 e. The maximum atomic E-state index is 12.5. The lowest BCUT2D eigenvalue weighted by atomic mass is 10.2. The number of rotatable bonds is 5. The van der Waals surface area contributed by atoms with Gasteiger partial charge >= 0.3 is 0 Å². The molecule has 0 spiro atoms. The highest BCUT2D eigenvalue weighted by atomic mass is 16.5. The molecule has 1 amide bonds. The van der Waals surface area contributed by atoms with Crippen molar-refractivity contribution >= 4 is 5.91 Å². The normalized spacial score (nSPS) is 10.7. The Kier molecular flexibility index (Phi) is 4.62. The van der Waals surface area contributed by atoms with Gasteiger partial charge in [0.05, 0.1) is 19.0 Å². The SMILES string of the molecule is COc1cn(-c2ccccc2)nc1C(=O)N(C)CC(C)C. The molecule has 5 heteroatoms. The third kappa shape index (κ3) is 3.42. The predicted molar refractivity (Wildman–Crippen MR) is 81.9 cm³/mol. The highest BCUT2D eigenvalue weighted by molar-refractivity contribution is 5.94. The topological polar surface area (TPSA) is 47.4 Å². The van der Waals surface area contributed by atoms with E-state index in [0.29, 0.717) is 23.9 Å². The van der Waals surface area contributed by atoms with Crippen molar-refractivity contribution in [1.29, 1.82) is 0 Å². The number of para-hydroxylation sites is 1. The molecule has 0 fully saturated rings. The maximum Gasteiger partial charge on any atom is 0.278 e. The molecule has 1 aromatic heterocycles. The number of hydrogen-bond acceptors (Lipinski definition) is 3. The number of amides is 1. The van der Waals surface area contributed by atoms with Gasteiger partial charge in [-0.05, 0) is 18.1 Å². The summed E-state index contributed by atoms with van der Waals surface area (Å²) in [6.07, 6.45) is 1.73. The molecule has 0 aliphatic carbocycles. The van der Waals surface area contributed by atoms with Crippen LogP contribution in [0.15, 0.2) is 36.5 Å². The lowest BCUT2D eigenvalue weighted by molar-refractivity contribution is 0.0769. The van der Waals surface area contributed by atoms with Crippen LogP contribution in [0.3, 0.4) is 0 Å². The van der Waals surface area contributed by atoms with Crippen molar-refractivity contribution in [2.45, 2.75) is 13.8 Å². The summed E-state index contributed by atoms with van der Waals surface area (Å²) in [5.41, 5.74) is 1.23. The van der Waals surface area contributed by atoms with Crippen LogP contribution in [0.5, 0.6) is 5.75 Å². The summed E-state index contributed by atoms with van der Waals surface area (Å²) in [5.74, 6) is 0.760. The Morgan fingerprint density at radius 1 is 1.33 bits per heavy atom. The minimum Gasteiger partial charge on any atom is -0.493 e. The average Bonchev–Trinajstić information content (AvgIpc) is 2.90. The molecule has 0 saturated carbocycles. The van der Waals surface area contributed by atoms with E-state index < -0.39 is 0 Å². The summed E-state index contributed by atoms with van der Waals surface area (Å²) in [4.78, 5) is 14.1. The maximum absolute atomic E-state index is 12.5. The van der Waals surface area contributed by atoms with E-state index >= 15 is 0 Å². The van der Waals surface area contributed by atoms with Crippen LogP contribution < -0.4 is 4.74 Å². The number of ether oxygens (including phenoxy) is 1. The molecule has 0 aliphatic heterocycles. The fourth-order valence-corrected chi connectivity index (χ4v) is 2.18. The minimum atomic E-state index is -0.129. The second kappa shape index (κ2) is 6.43. The number of aromatic nitrogens is 2. The molecule has 0 unspecified atom stereocenters. The molecule has 0 atom stereocenters. The molecule has 0 bridgehead atoms. The Labute approximate surface area is 125 Å². The number of methoxy groups -OCH3 is 1. The molecule has 112 valence electrons. The molecule has 21 heavy (non-hydrogen) atoms. The van der Waals surface area contributed by atoms with Gasteiger partial charge < -0.3 is 9.64 Å². The fourth-order valence-electron chi connectivity index (χ4n) is 2.18. The van der Waals surface area contributed by atoms with Gasteiger partial charge in [0.25, 0.3) is 5.91 Å². The van der Waals surface area contributed by atoms with E-state index in [1.807, 2.05) is 30.3 Å². The Morgan fingerprint density at radius 2 is 2.00 bits per heavy atom. The van der Waals surface area contributed by atoms with Crippen molar-refractivity contribution in [3.8, 4) is 11.4 Å². The van der Waals surface area contributed by atoms with Gasteiger partial charge in [-0.1, -0.05) is 32.0 Å². The summed E-state index contributed by atoms with van der Waals surface area (Å²) < 4.78 is 6.95. The second-order valence-corrected chi connectivity index (χ2v) is 5.41.